The number of carbonyl (C=O) groups is 1. The molecule has 1 amide bonds. The Morgan fingerprint density at radius 2 is 1.96 bits per heavy atom. The zero-order chi connectivity index (χ0) is 18.1. The number of hydrogen-bond donors (Lipinski definition) is 2. The van der Waals surface area contributed by atoms with Crippen LogP contribution in [0.5, 0.6) is 0 Å². The molecule has 0 aliphatic rings. The van der Waals surface area contributed by atoms with E-state index in [0.29, 0.717) is 5.82 Å². The number of rotatable bonds is 3. The largest absolute Gasteiger partial charge is 0.353 e. The van der Waals surface area contributed by atoms with Gasteiger partial charge in [-0.05, 0) is 42.8 Å². The number of H-pyrrole nitrogens is 1. The lowest BCUT2D eigenvalue weighted by atomic mass is 10.0. The van der Waals surface area contributed by atoms with Crippen molar-refractivity contribution in [1.29, 1.82) is 0 Å². The van der Waals surface area contributed by atoms with Crippen molar-refractivity contribution in [1.82, 2.24) is 19.9 Å². The van der Waals surface area contributed by atoms with Crippen LogP contribution in [0, 0.1) is 6.92 Å². The van der Waals surface area contributed by atoms with Crippen molar-refractivity contribution in [3.05, 3.63) is 60.6 Å². The van der Waals surface area contributed by atoms with Crippen molar-refractivity contribution < 1.29 is 4.79 Å². The van der Waals surface area contributed by atoms with Gasteiger partial charge in [0, 0.05) is 31.1 Å². The predicted octanol–water partition coefficient (Wildman–Crippen LogP) is 3.95. The lowest BCUT2D eigenvalue weighted by molar-refractivity contribution is -0.114. The number of carbonyl (C=O) groups excluding carboxylic acids is 1. The first-order valence-electron chi connectivity index (χ1n) is 8.25. The van der Waals surface area contributed by atoms with Gasteiger partial charge in [-0.1, -0.05) is 6.07 Å². The van der Waals surface area contributed by atoms with Crippen LogP contribution < -0.4 is 5.32 Å². The molecule has 0 saturated carbocycles. The van der Waals surface area contributed by atoms with Crippen molar-refractivity contribution in [3.63, 3.8) is 0 Å². The van der Waals surface area contributed by atoms with Gasteiger partial charge in [-0.2, -0.15) is 0 Å². The predicted molar refractivity (Wildman–Crippen MR) is 102 cm³/mol. The number of nitrogens with zero attached hydrogens (tertiary/aromatic N) is 3. The van der Waals surface area contributed by atoms with Crippen molar-refractivity contribution in [2.45, 2.75) is 13.8 Å². The van der Waals surface area contributed by atoms with E-state index in [-0.39, 0.29) is 5.91 Å². The average Bonchev–Trinajstić information content (AvgIpc) is 3.00. The minimum atomic E-state index is -0.159. The fraction of sp³-hybridized carbons (Fsp3) is 0.100. The van der Waals surface area contributed by atoms with Crippen molar-refractivity contribution in [2.24, 2.45) is 0 Å². The van der Waals surface area contributed by atoms with Gasteiger partial charge >= 0.3 is 0 Å². The van der Waals surface area contributed by atoms with Gasteiger partial charge in [-0.15, -0.1) is 0 Å². The Labute approximate surface area is 150 Å². The first kappa shape index (κ1) is 16.0. The quantitative estimate of drug-likeness (QED) is 0.590. The van der Waals surface area contributed by atoms with Crippen molar-refractivity contribution in [3.8, 4) is 22.5 Å². The summed E-state index contributed by atoms with van der Waals surface area (Å²) in [6, 6.07) is 11.6. The summed E-state index contributed by atoms with van der Waals surface area (Å²) in [5, 5.41) is 2.72. The highest BCUT2D eigenvalue weighted by atomic mass is 16.1. The number of aromatic nitrogens is 4. The van der Waals surface area contributed by atoms with Gasteiger partial charge in [0.25, 0.3) is 0 Å². The van der Waals surface area contributed by atoms with Crippen molar-refractivity contribution >= 4 is 22.8 Å². The number of hydrogen-bond acceptors (Lipinski definition) is 4. The Morgan fingerprint density at radius 1 is 1.08 bits per heavy atom. The summed E-state index contributed by atoms with van der Waals surface area (Å²) >= 11 is 0. The molecule has 0 aliphatic heterocycles. The van der Waals surface area contributed by atoms with E-state index in [9.17, 15) is 4.79 Å². The molecule has 0 unspecified atom stereocenters. The molecule has 2 N–H and O–H groups in total. The molecule has 26 heavy (non-hydrogen) atoms. The van der Waals surface area contributed by atoms with Crippen molar-refractivity contribution in [2.75, 3.05) is 5.32 Å². The number of aromatic amines is 1. The molecule has 4 aromatic heterocycles. The summed E-state index contributed by atoms with van der Waals surface area (Å²) in [5.41, 5.74) is 6.45. The molecule has 0 aliphatic carbocycles. The highest BCUT2D eigenvalue weighted by molar-refractivity contribution is 6.01. The highest BCUT2D eigenvalue weighted by Gasteiger charge is 2.17. The first-order valence-corrected chi connectivity index (χ1v) is 8.25. The van der Waals surface area contributed by atoms with Gasteiger partial charge in [-0.25, -0.2) is 4.98 Å². The number of pyridine rings is 3. The summed E-state index contributed by atoms with van der Waals surface area (Å²) in [7, 11) is 0. The third-order valence-electron chi connectivity index (χ3n) is 4.04. The maximum Gasteiger partial charge on any atom is 0.222 e. The number of amides is 1. The molecular weight excluding hydrogens is 326 g/mol. The third kappa shape index (κ3) is 2.93. The van der Waals surface area contributed by atoms with Crippen LogP contribution in [0.2, 0.25) is 0 Å². The summed E-state index contributed by atoms with van der Waals surface area (Å²) < 4.78 is 0. The average molecular weight is 343 g/mol. The summed E-state index contributed by atoms with van der Waals surface area (Å²) in [4.78, 5) is 28.1. The van der Waals surface area contributed by atoms with Gasteiger partial charge < -0.3 is 10.3 Å². The van der Waals surface area contributed by atoms with Crippen LogP contribution in [-0.4, -0.2) is 25.8 Å². The van der Waals surface area contributed by atoms with E-state index in [2.05, 4.69) is 31.3 Å². The Bertz CT molecular complexity index is 1100. The van der Waals surface area contributed by atoms with Crippen LogP contribution in [0.1, 0.15) is 12.5 Å². The standard InChI is InChI=1S/C20H17N5O/c1-12-9-16-20(23-11-12)18(15-5-3-4-7-21-15)19(25-16)14-6-8-22-17(10-14)24-13(2)26/h3-11,25H,1-2H3,(H,22,24,26). The van der Waals surface area contributed by atoms with Gasteiger partial charge in [-0.3, -0.25) is 14.8 Å². The smallest absolute Gasteiger partial charge is 0.222 e. The Kier molecular flexibility index (Phi) is 3.93. The van der Waals surface area contributed by atoms with E-state index >= 15 is 0 Å². The Morgan fingerprint density at radius 3 is 2.73 bits per heavy atom. The second kappa shape index (κ2) is 6.40. The zero-order valence-electron chi connectivity index (χ0n) is 14.4. The minimum Gasteiger partial charge on any atom is -0.353 e. The van der Waals surface area contributed by atoms with E-state index in [0.717, 1.165) is 39.1 Å². The molecule has 0 spiro atoms. The lowest BCUT2D eigenvalue weighted by Crippen LogP contribution is -2.07. The Balaban J connectivity index is 1.96. The van der Waals surface area contributed by atoms with Gasteiger partial charge in [0.1, 0.15) is 5.82 Å². The zero-order valence-corrected chi connectivity index (χ0v) is 14.4. The van der Waals surface area contributed by atoms with Crippen LogP contribution >= 0.6 is 0 Å². The summed E-state index contributed by atoms with van der Waals surface area (Å²) in [6.07, 6.45) is 5.29. The molecule has 0 bridgehead atoms. The topological polar surface area (TPSA) is 83.6 Å². The maximum atomic E-state index is 11.3. The van der Waals surface area contributed by atoms with E-state index in [1.807, 2.05) is 43.5 Å². The van der Waals surface area contributed by atoms with Gasteiger partial charge in [0.2, 0.25) is 5.91 Å². The Hall–Kier alpha value is -3.54. The molecule has 0 atom stereocenters. The molecule has 128 valence electrons. The molecule has 6 heteroatoms. The molecule has 0 fully saturated rings. The number of nitrogens with one attached hydrogen (secondary N) is 2. The van der Waals surface area contributed by atoms with Crippen LogP contribution in [-0.2, 0) is 4.79 Å². The molecule has 4 rings (SSSR count). The molecular formula is C20H17N5O. The van der Waals surface area contributed by atoms with Crippen LogP contribution in [0.4, 0.5) is 5.82 Å². The van der Waals surface area contributed by atoms with Gasteiger partial charge in [0.05, 0.1) is 28.0 Å². The van der Waals surface area contributed by atoms with Crippen LogP contribution in [0.3, 0.4) is 0 Å². The van der Waals surface area contributed by atoms with E-state index in [1.54, 1.807) is 12.4 Å². The SMILES string of the molecule is CC(=O)Nc1cc(-c2[nH]c3cc(C)cnc3c2-c2ccccn2)ccn1. The molecule has 6 nitrogen and oxygen atoms in total. The molecule has 4 heterocycles. The fourth-order valence-electron chi connectivity index (χ4n) is 2.99. The fourth-order valence-corrected chi connectivity index (χ4v) is 2.99. The second-order valence-electron chi connectivity index (χ2n) is 6.11. The highest BCUT2D eigenvalue weighted by Crippen LogP contribution is 2.36. The van der Waals surface area contributed by atoms with Crippen LogP contribution in [0.15, 0.2) is 55.0 Å². The normalized spacial score (nSPS) is 10.8. The van der Waals surface area contributed by atoms with Gasteiger partial charge in [0.15, 0.2) is 0 Å². The molecule has 0 aromatic carbocycles. The minimum absolute atomic E-state index is 0.159. The van der Waals surface area contributed by atoms with E-state index < -0.39 is 0 Å². The monoisotopic (exact) mass is 343 g/mol. The number of fused-ring (bicyclic) bond motifs is 1. The summed E-state index contributed by atoms with van der Waals surface area (Å²) in [6.45, 7) is 3.47. The third-order valence-corrected chi connectivity index (χ3v) is 4.04. The maximum absolute atomic E-state index is 11.3. The second-order valence-corrected chi connectivity index (χ2v) is 6.11. The molecule has 0 saturated heterocycles. The molecule has 0 radical (unpaired) electrons. The molecule has 4 aromatic rings. The first-order chi connectivity index (χ1) is 12.6. The number of anilines is 1. The summed E-state index contributed by atoms with van der Waals surface area (Å²) in [5.74, 6) is 0.346. The van der Waals surface area contributed by atoms with E-state index in [1.165, 1.54) is 6.92 Å². The lowest BCUT2D eigenvalue weighted by Gasteiger charge is -2.06. The number of aryl methyl sites for hydroxylation is 1. The van der Waals surface area contributed by atoms with E-state index in [4.69, 9.17) is 0 Å². The van der Waals surface area contributed by atoms with Crippen LogP contribution in [0.25, 0.3) is 33.5 Å².